The number of rotatable bonds is 10. The Bertz CT molecular complexity index is 1210. The van der Waals surface area contributed by atoms with Gasteiger partial charge in [-0.05, 0) is 60.5 Å². The molecule has 2 amide bonds. The first-order chi connectivity index (χ1) is 17.9. The van der Waals surface area contributed by atoms with E-state index < -0.39 is 0 Å². The summed E-state index contributed by atoms with van der Waals surface area (Å²) in [5.74, 6) is 1.42. The molecule has 6 nitrogen and oxygen atoms in total. The summed E-state index contributed by atoms with van der Waals surface area (Å²) < 4.78 is 11.6. The number of carbonyl (C=O) groups is 2. The van der Waals surface area contributed by atoms with E-state index in [1.165, 1.54) is 4.88 Å². The maximum absolute atomic E-state index is 13.8. The van der Waals surface area contributed by atoms with Crippen LogP contribution in [0.2, 0.25) is 0 Å². The molecule has 2 heterocycles. The van der Waals surface area contributed by atoms with Crippen molar-refractivity contribution in [3.05, 3.63) is 81.5 Å². The molecule has 0 aliphatic carbocycles. The Morgan fingerprint density at radius 2 is 1.84 bits per heavy atom. The summed E-state index contributed by atoms with van der Waals surface area (Å²) in [6.07, 6.45) is 1.74. The van der Waals surface area contributed by atoms with Gasteiger partial charge in [0.05, 0.1) is 13.2 Å². The van der Waals surface area contributed by atoms with Crippen LogP contribution in [-0.2, 0) is 11.2 Å². The number of carbonyl (C=O) groups excluding carboxylic acids is 2. The monoisotopic (exact) mass is 520 g/mol. The van der Waals surface area contributed by atoms with Gasteiger partial charge in [0.1, 0.15) is 13.2 Å². The fourth-order valence-electron chi connectivity index (χ4n) is 4.64. The van der Waals surface area contributed by atoms with Crippen LogP contribution in [0.5, 0.6) is 11.5 Å². The smallest absolute Gasteiger partial charge is 0.254 e. The van der Waals surface area contributed by atoms with Crippen molar-refractivity contribution in [3.63, 3.8) is 0 Å². The van der Waals surface area contributed by atoms with E-state index in [0.717, 1.165) is 24.0 Å². The first kappa shape index (κ1) is 26.7. The molecule has 2 atom stereocenters. The predicted molar refractivity (Wildman–Crippen MR) is 148 cm³/mol. The van der Waals surface area contributed by atoms with Gasteiger partial charge < -0.3 is 19.3 Å². The van der Waals surface area contributed by atoms with E-state index in [1.54, 1.807) is 23.3 Å². The zero-order valence-corrected chi connectivity index (χ0v) is 22.9. The number of benzene rings is 2. The largest absolute Gasteiger partial charge is 0.493 e. The summed E-state index contributed by atoms with van der Waals surface area (Å²) in [5, 5.41) is 2.07. The summed E-state index contributed by atoms with van der Waals surface area (Å²) in [5.41, 5.74) is 2.83. The topological polar surface area (TPSA) is 59.1 Å². The third-order valence-electron chi connectivity index (χ3n) is 7.02. The Kier molecular flexibility index (Phi) is 8.87. The lowest BCUT2D eigenvalue weighted by atomic mass is 10.00. The fraction of sp³-hybridized carbons (Fsp3) is 0.400. The predicted octanol–water partition coefficient (Wildman–Crippen LogP) is 5.76. The molecule has 0 spiro atoms. The van der Waals surface area contributed by atoms with Gasteiger partial charge in [0.2, 0.25) is 5.91 Å². The highest BCUT2D eigenvalue weighted by Crippen LogP contribution is 2.35. The molecule has 1 aliphatic heterocycles. The van der Waals surface area contributed by atoms with Crippen molar-refractivity contribution in [1.29, 1.82) is 0 Å². The molecule has 2 aromatic carbocycles. The molecular formula is C30H36N2O4S. The van der Waals surface area contributed by atoms with Crippen molar-refractivity contribution in [1.82, 2.24) is 9.80 Å². The van der Waals surface area contributed by atoms with Gasteiger partial charge in [-0.15, -0.1) is 11.3 Å². The number of hydrogen-bond acceptors (Lipinski definition) is 5. The summed E-state index contributed by atoms with van der Waals surface area (Å²) >= 11 is 1.72. The minimum absolute atomic E-state index is 0.0433. The van der Waals surface area contributed by atoms with Gasteiger partial charge in [-0.3, -0.25) is 9.59 Å². The highest BCUT2D eigenvalue weighted by molar-refractivity contribution is 7.10. The van der Waals surface area contributed by atoms with Crippen LogP contribution in [-0.4, -0.2) is 55.0 Å². The number of hydrogen-bond donors (Lipinski definition) is 0. The van der Waals surface area contributed by atoms with Crippen LogP contribution in [0.1, 0.15) is 52.7 Å². The molecule has 4 rings (SSSR count). The molecule has 0 radical (unpaired) electrons. The van der Waals surface area contributed by atoms with Crippen LogP contribution in [0.3, 0.4) is 0 Å². The van der Waals surface area contributed by atoms with E-state index in [-0.39, 0.29) is 30.3 Å². The van der Waals surface area contributed by atoms with E-state index in [4.69, 9.17) is 9.47 Å². The zero-order chi connectivity index (χ0) is 26.4. The standard InChI is InChI=1S/C30H36N2O4S/c1-5-21(2)18-31(30(34)23-12-10-22(3)11-13-23)19-29(33)32-16-14-28-24(15-17-37-28)25(32)20-36-27-9-7-6-8-26(27)35-4/h6-13,15,17,21,25H,5,14,16,18-20H2,1-4H3/t21-,25-/m1/s1. The molecule has 0 saturated heterocycles. The summed E-state index contributed by atoms with van der Waals surface area (Å²) in [7, 11) is 1.62. The number of ether oxygens (including phenoxy) is 2. The van der Waals surface area contributed by atoms with Gasteiger partial charge in [0, 0.05) is 23.5 Å². The van der Waals surface area contributed by atoms with Crippen LogP contribution in [0, 0.1) is 12.8 Å². The number of methoxy groups -OCH3 is 1. The fourth-order valence-corrected chi connectivity index (χ4v) is 5.57. The molecular weight excluding hydrogens is 484 g/mol. The van der Waals surface area contributed by atoms with E-state index in [2.05, 4.69) is 25.3 Å². The SMILES string of the molecule is CC[C@@H](C)CN(CC(=O)N1CCc2sccc2[C@H]1COc1ccccc1OC)C(=O)c1ccc(C)cc1. The van der Waals surface area contributed by atoms with Gasteiger partial charge in [-0.2, -0.15) is 0 Å². The lowest BCUT2D eigenvalue weighted by Gasteiger charge is -2.37. The molecule has 0 N–H and O–H groups in total. The second kappa shape index (κ2) is 12.3. The molecule has 7 heteroatoms. The maximum atomic E-state index is 13.8. The summed E-state index contributed by atoms with van der Waals surface area (Å²) in [6.45, 7) is 7.71. The number of thiophene rings is 1. The average Bonchev–Trinajstić information content (AvgIpc) is 3.40. The maximum Gasteiger partial charge on any atom is 0.254 e. The third-order valence-corrected chi connectivity index (χ3v) is 8.02. The summed E-state index contributed by atoms with van der Waals surface area (Å²) in [4.78, 5) is 32.1. The van der Waals surface area contributed by atoms with Crippen molar-refractivity contribution in [2.45, 2.75) is 39.7 Å². The number of amides is 2. The van der Waals surface area contributed by atoms with E-state index in [0.29, 0.717) is 36.8 Å². The first-order valence-corrected chi connectivity index (χ1v) is 13.8. The number of para-hydroxylation sites is 2. The van der Waals surface area contributed by atoms with Crippen molar-refractivity contribution in [2.24, 2.45) is 5.92 Å². The molecule has 0 saturated carbocycles. The molecule has 0 unspecified atom stereocenters. The van der Waals surface area contributed by atoms with Crippen molar-refractivity contribution in [3.8, 4) is 11.5 Å². The van der Waals surface area contributed by atoms with E-state index in [1.807, 2.05) is 60.4 Å². The average molecular weight is 521 g/mol. The third kappa shape index (κ3) is 6.34. The van der Waals surface area contributed by atoms with Crippen molar-refractivity contribution >= 4 is 23.2 Å². The first-order valence-electron chi connectivity index (χ1n) is 12.9. The van der Waals surface area contributed by atoms with Gasteiger partial charge in [0.25, 0.3) is 5.91 Å². The molecule has 1 aliphatic rings. The normalized spacial score (nSPS) is 15.6. The van der Waals surface area contributed by atoms with Crippen LogP contribution in [0.4, 0.5) is 0 Å². The molecule has 3 aromatic rings. The minimum Gasteiger partial charge on any atom is -0.493 e. The molecule has 37 heavy (non-hydrogen) atoms. The lowest BCUT2D eigenvalue weighted by molar-refractivity contribution is -0.135. The van der Waals surface area contributed by atoms with Crippen molar-refractivity contribution < 1.29 is 19.1 Å². The highest BCUT2D eigenvalue weighted by atomic mass is 32.1. The Morgan fingerprint density at radius 3 is 2.54 bits per heavy atom. The number of fused-ring (bicyclic) bond motifs is 1. The minimum atomic E-state index is -0.229. The number of nitrogens with zero attached hydrogens (tertiary/aromatic N) is 2. The molecule has 0 fully saturated rings. The van der Waals surface area contributed by atoms with Crippen LogP contribution in [0.25, 0.3) is 0 Å². The Morgan fingerprint density at radius 1 is 1.11 bits per heavy atom. The van der Waals surface area contributed by atoms with Gasteiger partial charge in [-0.25, -0.2) is 0 Å². The Labute approximate surface area is 223 Å². The van der Waals surface area contributed by atoms with Crippen molar-refractivity contribution in [2.75, 3.05) is 33.4 Å². The van der Waals surface area contributed by atoms with E-state index in [9.17, 15) is 9.59 Å². The number of aryl methyl sites for hydroxylation is 1. The lowest BCUT2D eigenvalue weighted by Crippen LogP contribution is -2.48. The Hall–Kier alpha value is -3.32. The highest BCUT2D eigenvalue weighted by Gasteiger charge is 2.34. The van der Waals surface area contributed by atoms with Crippen LogP contribution in [0.15, 0.2) is 60.0 Å². The van der Waals surface area contributed by atoms with Crippen LogP contribution >= 0.6 is 11.3 Å². The molecule has 0 bridgehead atoms. The quantitative estimate of drug-likeness (QED) is 0.341. The zero-order valence-electron chi connectivity index (χ0n) is 22.1. The Balaban J connectivity index is 1.55. The van der Waals surface area contributed by atoms with Gasteiger partial charge >= 0.3 is 0 Å². The second-order valence-corrected chi connectivity index (χ2v) is 10.7. The van der Waals surface area contributed by atoms with Gasteiger partial charge in [0.15, 0.2) is 11.5 Å². The van der Waals surface area contributed by atoms with E-state index >= 15 is 0 Å². The second-order valence-electron chi connectivity index (χ2n) is 9.68. The van der Waals surface area contributed by atoms with Crippen LogP contribution < -0.4 is 9.47 Å². The molecule has 196 valence electrons. The summed E-state index contributed by atoms with van der Waals surface area (Å²) in [6, 6.07) is 16.9. The molecule has 1 aromatic heterocycles. The van der Waals surface area contributed by atoms with Gasteiger partial charge in [-0.1, -0.05) is 50.1 Å².